The second kappa shape index (κ2) is 13.4. The van der Waals surface area contributed by atoms with Crippen LogP contribution in [0.25, 0.3) is 0 Å². The van der Waals surface area contributed by atoms with Crippen LogP contribution in [0, 0.1) is 0 Å². The summed E-state index contributed by atoms with van der Waals surface area (Å²) in [5.41, 5.74) is 6.64. The predicted octanol–water partition coefficient (Wildman–Crippen LogP) is 2.21. The Morgan fingerprint density at radius 2 is 1.96 bits per heavy atom. The smallest absolute Gasteiger partial charge is 0.220 e. The molecule has 0 heterocycles. The van der Waals surface area contributed by atoms with Crippen molar-refractivity contribution in [1.82, 2.24) is 10.2 Å². The van der Waals surface area contributed by atoms with E-state index in [1.165, 1.54) is 0 Å². The van der Waals surface area contributed by atoms with Crippen molar-refractivity contribution < 1.29 is 9.53 Å². The van der Waals surface area contributed by atoms with Crippen molar-refractivity contribution in [2.45, 2.75) is 32.4 Å². The molecule has 1 aromatic carbocycles. The molecule has 0 aliphatic rings. The number of nitrogens with two attached hydrogens (primary N) is 1. The lowest BCUT2D eigenvalue weighted by Crippen LogP contribution is -2.26. The summed E-state index contributed by atoms with van der Waals surface area (Å²) in [7, 11) is 4.02. The van der Waals surface area contributed by atoms with Crippen LogP contribution in [0.4, 0.5) is 0 Å². The summed E-state index contributed by atoms with van der Waals surface area (Å²) in [6.45, 7) is 3.87. The molecule has 0 aromatic heterocycles. The highest BCUT2D eigenvalue weighted by molar-refractivity contribution is 5.85. The molecule has 1 unspecified atom stereocenters. The maximum absolute atomic E-state index is 11.7. The normalized spacial score (nSPS) is 11.2. The lowest BCUT2D eigenvalue weighted by atomic mass is 10.1. The number of nitrogens with zero attached hydrogens (tertiary/aromatic N) is 1. The topological polar surface area (TPSA) is 67.6 Å². The zero-order chi connectivity index (χ0) is 15.7. The number of likely N-dealkylation sites (N-methyl/N-ethyl adjacent to an activating group) is 1. The first kappa shape index (κ1) is 24.2. The van der Waals surface area contributed by atoms with Gasteiger partial charge in [-0.05, 0) is 33.5 Å². The molecule has 1 atom stereocenters. The largest absolute Gasteiger partial charge is 0.492 e. The van der Waals surface area contributed by atoms with Crippen molar-refractivity contribution >= 4 is 30.7 Å². The number of ether oxygens (including phenoxy) is 1. The average molecular weight is 366 g/mol. The van der Waals surface area contributed by atoms with Gasteiger partial charge in [-0.2, -0.15) is 0 Å². The number of halogens is 2. The van der Waals surface area contributed by atoms with Crippen LogP contribution in [-0.4, -0.2) is 44.1 Å². The van der Waals surface area contributed by atoms with Crippen LogP contribution >= 0.6 is 24.8 Å². The Balaban J connectivity index is 0. The Morgan fingerprint density at radius 1 is 1.30 bits per heavy atom. The van der Waals surface area contributed by atoms with Crippen LogP contribution in [0.2, 0.25) is 0 Å². The second-order valence-corrected chi connectivity index (χ2v) is 5.55. The SMILES string of the molecule is CC(N)CCC(=O)NCc1ccccc1OCCN(C)C.Cl.Cl. The molecule has 0 saturated heterocycles. The number of nitrogens with one attached hydrogen (secondary N) is 1. The standard InChI is InChI=1S/C16H27N3O2.2ClH/c1-13(17)8-9-16(20)18-12-14-6-4-5-7-15(14)21-11-10-19(2)3;;/h4-7,13H,8-12,17H2,1-3H3,(H,18,20);2*1H. The maximum atomic E-state index is 11.7. The Morgan fingerprint density at radius 3 is 2.57 bits per heavy atom. The van der Waals surface area contributed by atoms with Crippen molar-refractivity contribution in [3.8, 4) is 5.75 Å². The monoisotopic (exact) mass is 365 g/mol. The number of carbonyl (C=O) groups is 1. The number of rotatable bonds is 9. The molecule has 5 nitrogen and oxygen atoms in total. The van der Waals surface area contributed by atoms with E-state index < -0.39 is 0 Å². The molecule has 23 heavy (non-hydrogen) atoms. The van der Waals surface area contributed by atoms with E-state index in [-0.39, 0.29) is 36.8 Å². The summed E-state index contributed by atoms with van der Waals surface area (Å²) >= 11 is 0. The fourth-order valence-electron chi connectivity index (χ4n) is 1.77. The van der Waals surface area contributed by atoms with E-state index in [1.807, 2.05) is 45.3 Å². The molecule has 0 bridgehead atoms. The Labute approximate surface area is 151 Å². The Hall–Kier alpha value is -1.01. The Bertz CT molecular complexity index is 443. The molecule has 134 valence electrons. The summed E-state index contributed by atoms with van der Waals surface area (Å²) in [6.07, 6.45) is 1.16. The van der Waals surface area contributed by atoms with Gasteiger partial charge in [0, 0.05) is 31.1 Å². The van der Waals surface area contributed by atoms with Gasteiger partial charge in [0.25, 0.3) is 0 Å². The van der Waals surface area contributed by atoms with Crippen LogP contribution in [0.1, 0.15) is 25.3 Å². The zero-order valence-corrected chi connectivity index (χ0v) is 15.7. The van der Waals surface area contributed by atoms with Gasteiger partial charge in [-0.25, -0.2) is 0 Å². The number of hydrogen-bond acceptors (Lipinski definition) is 4. The van der Waals surface area contributed by atoms with E-state index in [9.17, 15) is 4.79 Å². The number of para-hydroxylation sites is 1. The number of amides is 1. The van der Waals surface area contributed by atoms with Gasteiger partial charge in [0.15, 0.2) is 0 Å². The van der Waals surface area contributed by atoms with Gasteiger partial charge in [-0.3, -0.25) is 4.79 Å². The van der Waals surface area contributed by atoms with Gasteiger partial charge >= 0.3 is 0 Å². The lowest BCUT2D eigenvalue weighted by Gasteiger charge is -2.14. The lowest BCUT2D eigenvalue weighted by molar-refractivity contribution is -0.121. The number of carbonyl (C=O) groups excluding carboxylic acids is 1. The van der Waals surface area contributed by atoms with Crippen molar-refractivity contribution in [3.63, 3.8) is 0 Å². The van der Waals surface area contributed by atoms with Crippen molar-refractivity contribution in [3.05, 3.63) is 29.8 Å². The fourth-order valence-corrected chi connectivity index (χ4v) is 1.77. The third-order valence-corrected chi connectivity index (χ3v) is 3.07. The van der Waals surface area contributed by atoms with Crippen LogP contribution in [-0.2, 0) is 11.3 Å². The molecule has 0 saturated carbocycles. The van der Waals surface area contributed by atoms with Gasteiger partial charge < -0.3 is 20.7 Å². The highest BCUT2D eigenvalue weighted by Crippen LogP contribution is 2.17. The molecular formula is C16H29Cl2N3O2. The van der Waals surface area contributed by atoms with Crippen molar-refractivity contribution in [2.24, 2.45) is 5.73 Å². The first-order valence-electron chi connectivity index (χ1n) is 7.36. The van der Waals surface area contributed by atoms with E-state index in [0.717, 1.165) is 17.9 Å². The molecular weight excluding hydrogens is 337 g/mol. The molecule has 1 aromatic rings. The van der Waals surface area contributed by atoms with E-state index in [4.69, 9.17) is 10.5 Å². The average Bonchev–Trinajstić information content (AvgIpc) is 2.43. The molecule has 1 rings (SSSR count). The summed E-state index contributed by atoms with van der Waals surface area (Å²) in [4.78, 5) is 13.8. The molecule has 0 radical (unpaired) electrons. The molecule has 0 spiro atoms. The minimum absolute atomic E-state index is 0. The van der Waals surface area contributed by atoms with E-state index >= 15 is 0 Å². The van der Waals surface area contributed by atoms with Gasteiger partial charge in [0.1, 0.15) is 12.4 Å². The zero-order valence-electron chi connectivity index (χ0n) is 14.1. The first-order valence-corrected chi connectivity index (χ1v) is 7.36. The van der Waals surface area contributed by atoms with E-state index in [0.29, 0.717) is 26.0 Å². The number of benzene rings is 1. The summed E-state index contributed by atoms with van der Waals surface area (Å²) in [6, 6.07) is 7.84. The van der Waals surface area contributed by atoms with Crippen molar-refractivity contribution in [2.75, 3.05) is 27.2 Å². The summed E-state index contributed by atoms with van der Waals surface area (Å²) in [5.74, 6) is 0.849. The second-order valence-electron chi connectivity index (χ2n) is 5.55. The van der Waals surface area contributed by atoms with Gasteiger partial charge in [-0.15, -0.1) is 24.8 Å². The van der Waals surface area contributed by atoms with E-state index in [1.54, 1.807) is 0 Å². The van der Waals surface area contributed by atoms with Gasteiger partial charge in [-0.1, -0.05) is 18.2 Å². The van der Waals surface area contributed by atoms with Crippen LogP contribution in [0.15, 0.2) is 24.3 Å². The fraction of sp³-hybridized carbons (Fsp3) is 0.562. The highest BCUT2D eigenvalue weighted by Gasteiger charge is 2.07. The summed E-state index contributed by atoms with van der Waals surface area (Å²) in [5, 5.41) is 2.91. The minimum atomic E-state index is 0. The predicted molar refractivity (Wildman–Crippen MR) is 99.7 cm³/mol. The summed E-state index contributed by atoms with van der Waals surface area (Å²) < 4.78 is 5.77. The number of hydrogen-bond donors (Lipinski definition) is 2. The van der Waals surface area contributed by atoms with Crippen LogP contribution < -0.4 is 15.8 Å². The maximum Gasteiger partial charge on any atom is 0.220 e. The first-order chi connectivity index (χ1) is 9.99. The molecule has 0 fully saturated rings. The van der Waals surface area contributed by atoms with Crippen LogP contribution in [0.3, 0.4) is 0 Å². The Kier molecular flexibility index (Phi) is 14.2. The third-order valence-electron chi connectivity index (χ3n) is 3.07. The minimum Gasteiger partial charge on any atom is -0.492 e. The molecule has 7 heteroatoms. The van der Waals surface area contributed by atoms with Gasteiger partial charge in [0.2, 0.25) is 5.91 Å². The van der Waals surface area contributed by atoms with E-state index in [2.05, 4.69) is 10.2 Å². The quantitative estimate of drug-likeness (QED) is 0.703. The van der Waals surface area contributed by atoms with Gasteiger partial charge in [0.05, 0.1) is 0 Å². The third kappa shape index (κ3) is 11.2. The molecule has 3 N–H and O–H groups in total. The molecule has 0 aliphatic heterocycles. The van der Waals surface area contributed by atoms with Crippen LogP contribution in [0.5, 0.6) is 5.75 Å². The molecule has 0 aliphatic carbocycles. The molecule has 1 amide bonds. The highest BCUT2D eigenvalue weighted by atomic mass is 35.5. The van der Waals surface area contributed by atoms with Crippen molar-refractivity contribution in [1.29, 1.82) is 0 Å².